The lowest BCUT2D eigenvalue weighted by Crippen LogP contribution is -2.27. The lowest BCUT2D eigenvalue weighted by molar-refractivity contribution is 0.197. The molecule has 0 saturated carbocycles. The zero-order chi connectivity index (χ0) is 14.6. The molecule has 0 bridgehead atoms. The monoisotopic (exact) mass is 295 g/mol. The molecule has 1 rings (SSSR count). The second-order valence-electron chi connectivity index (χ2n) is 5.18. The Balaban J connectivity index is 2.46. The van der Waals surface area contributed by atoms with Gasteiger partial charge in [0, 0.05) is 13.7 Å². The van der Waals surface area contributed by atoms with Crippen molar-refractivity contribution in [3.8, 4) is 0 Å². The molecule has 0 fully saturated rings. The summed E-state index contributed by atoms with van der Waals surface area (Å²) in [5.41, 5.74) is 2.91. The highest BCUT2D eigenvalue weighted by Gasteiger charge is 2.10. The van der Waals surface area contributed by atoms with Gasteiger partial charge in [0.2, 0.25) is 0 Å². The van der Waals surface area contributed by atoms with Gasteiger partial charge in [0.15, 0.2) is 0 Å². The molecule has 0 aliphatic rings. The topological polar surface area (TPSA) is 21.3 Å². The molecule has 0 heterocycles. The van der Waals surface area contributed by atoms with E-state index in [1.165, 1.54) is 35.5 Å². The molecule has 1 unspecified atom stereocenters. The number of nitrogens with one attached hydrogen (secondary N) is 1. The van der Waals surface area contributed by atoms with Crippen molar-refractivity contribution in [2.75, 3.05) is 38.3 Å². The van der Waals surface area contributed by atoms with Crippen molar-refractivity contribution in [3.05, 3.63) is 35.4 Å². The summed E-state index contributed by atoms with van der Waals surface area (Å²) in [7, 11) is 1.75. The first-order chi connectivity index (χ1) is 9.77. The predicted molar refractivity (Wildman–Crippen MR) is 90.7 cm³/mol. The van der Waals surface area contributed by atoms with Gasteiger partial charge in [-0.15, -0.1) is 0 Å². The Morgan fingerprint density at radius 2 is 2.10 bits per heavy atom. The Hall–Kier alpha value is -0.510. The highest BCUT2D eigenvalue weighted by atomic mass is 32.2. The van der Waals surface area contributed by atoms with Crippen LogP contribution in [-0.2, 0) is 11.2 Å². The van der Waals surface area contributed by atoms with E-state index < -0.39 is 0 Å². The quantitative estimate of drug-likeness (QED) is 0.631. The van der Waals surface area contributed by atoms with E-state index in [9.17, 15) is 0 Å². The van der Waals surface area contributed by atoms with Gasteiger partial charge in [-0.3, -0.25) is 0 Å². The molecule has 0 saturated heterocycles. The summed E-state index contributed by atoms with van der Waals surface area (Å²) in [5.74, 6) is 3.19. The van der Waals surface area contributed by atoms with E-state index in [1.54, 1.807) is 7.11 Å². The van der Waals surface area contributed by atoms with E-state index >= 15 is 0 Å². The molecule has 3 heteroatoms. The molecule has 0 aromatic heterocycles. The Morgan fingerprint density at radius 1 is 1.30 bits per heavy atom. The Morgan fingerprint density at radius 3 is 2.80 bits per heavy atom. The van der Waals surface area contributed by atoms with Gasteiger partial charge >= 0.3 is 0 Å². The molecular weight excluding hydrogens is 266 g/mol. The highest BCUT2D eigenvalue weighted by molar-refractivity contribution is 7.99. The number of ether oxygens (including phenoxy) is 1. The summed E-state index contributed by atoms with van der Waals surface area (Å²) in [6.45, 7) is 7.27. The number of hydrogen-bond donors (Lipinski definition) is 1. The number of thioether (sulfide) groups is 1. The van der Waals surface area contributed by atoms with Gasteiger partial charge in [-0.25, -0.2) is 0 Å². The van der Waals surface area contributed by atoms with E-state index in [2.05, 4.69) is 43.4 Å². The Bertz CT molecular complexity index is 357. The van der Waals surface area contributed by atoms with Crippen LogP contribution in [0, 0.1) is 12.8 Å². The predicted octanol–water partition coefficient (Wildman–Crippen LogP) is 3.53. The molecule has 0 radical (unpaired) electrons. The summed E-state index contributed by atoms with van der Waals surface area (Å²) in [5, 5.41) is 3.52. The number of hydrogen-bond acceptors (Lipinski definition) is 3. The van der Waals surface area contributed by atoms with Crippen LogP contribution >= 0.6 is 11.8 Å². The lowest BCUT2D eigenvalue weighted by atomic mass is 9.94. The van der Waals surface area contributed by atoms with E-state index in [4.69, 9.17) is 4.74 Å². The maximum absolute atomic E-state index is 5.09. The minimum Gasteiger partial charge on any atom is -0.383 e. The molecule has 20 heavy (non-hydrogen) atoms. The minimum atomic E-state index is 0.715. The smallest absolute Gasteiger partial charge is 0.0587 e. The number of methoxy groups -OCH3 is 1. The maximum Gasteiger partial charge on any atom is 0.0587 e. The standard InChI is InChI=1S/C17H29NOS/c1-4-20-12-9-16(14-18-10-11-19-3)13-17-8-6-5-7-15(17)2/h5-8,16,18H,4,9-14H2,1-3H3. The molecule has 0 spiro atoms. The molecule has 0 aliphatic carbocycles. The molecule has 2 nitrogen and oxygen atoms in total. The van der Waals surface area contributed by atoms with Crippen molar-refractivity contribution in [1.82, 2.24) is 5.32 Å². The van der Waals surface area contributed by atoms with Crippen molar-refractivity contribution in [2.24, 2.45) is 5.92 Å². The normalized spacial score (nSPS) is 12.6. The largest absolute Gasteiger partial charge is 0.383 e. The van der Waals surface area contributed by atoms with Crippen molar-refractivity contribution >= 4 is 11.8 Å². The third-order valence-corrected chi connectivity index (χ3v) is 4.49. The zero-order valence-electron chi connectivity index (χ0n) is 13.2. The third kappa shape index (κ3) is 7.32. The van der Waals surface area contributed by atoms with Crippen molar-refractivity contribution in [3.63, 3.8) is 0 Å². The molecule has 0 aliphatic heterocycles. The second-order valence-corrected chi connectivity index (χ2v) is 6.57. The summed E-state index contributed by atoms with van der Waals surface area (Å²) in [6, 6.07) is 8.76. The van der Waals surface area contributed by atoms with E-state index in [0.29, 0.717) is 5.92 Å². The average Bonchev–Trinajstić information content (AvgIpc) is 2.46. The van der Waals surface area contributed by atoms with Gasteiger partial charge in [0.05, 0.1) is 6.61 Å². The van der Waals surface area contributed by atoms with E-state index in [1.807, 2.05) is 11.8 Å². The first kappa shape index (κ1) is 17.5. The van der Waals surface area contributed by atoms with Crippen LogP contribution in [0.1, 0.15) is 24.5 Å². The molecule has 1 aromatic carbocycles. The number of rotatable bonds is 11. The molecule has 1 aromatic rings. The third-order valence-electron chi connectivity index (χ3n) is 3.56. The second kappa shape index (κ2) is 11.2. The van der Waals surface area contributed by atoms with Crippen molar-refractivity contribution < 1.29 is 4.74 Å². The van der Waals surface area contributed by atoms with E-state index in [0.717, 1.165) is 19.7 Å². The summed E-state index contributed by atoms with van der Waals surface area (Å²) in [6.07, 6.45) is 2.46. The fourth-order valence-electron chi connectivity index (χ4n) is 2.30. The van der Waals surface area contributed by atoms with Gasteiger partial charge in [-0.2, -0.15) is 11.8 Å². The van der Waals surface area contributed by atoms with Crippen LogP contribution in [0.4, 0.5) is 0 Å². The van der Waals surface area contributed by atoms with Crippen LogP contribution < -0.4 is 5.32 Å². The van der Waals surface area contributed by atoms with Crippen LogP contribution in [0.3, 0.4) is 0 Å². The average molecular weight is 295 g/mol. The van der Waals surface area contributed by atoms with Gasteiger partial charge in [-0.1, -0.05) is 31.2 Å². The highest BCUT2D eigenvalue weighted by Crippen LogP contribution is 2.17. The van der Waals surface area contributed by atoms with Crippen LogP contribution in [0.5, 0.6) is 0 Å². The SMILES string of the molecule is CCSCCC(CNCCOC)Cc1ccccc1C. The first-order valence-corrected chi connectivity index (χ1v) is 8.75. The zero-order valence-corrected chi connectivity index (χ0v) is 14.0. The molecule has 0 amide bonds. The van der Waals surface area contributed by atoms with Gasteiger partial charge < -0.3 is 10.1 Å². The number of aryl methyl sites for hydroxylation is 1. The van der Waals surface area contributed by atoms with Crippen molar-refractivity contribution in [2.45, 2.75) is 26.7 Å². The maximum atomic E-state index is 5.09. The van der Waals surface area contributed by atoms with Crippen LogP contribution in [0.15, 0.2) is 24.3 Å². The minimum absolute atomic E-state index is 0.715. The first-order valence-electron chi connectivity index (χ1n) is 7.59. The summed E-state index contributed by atoms with van der Waals surface area (Å²) < 4.78 is 5.09. The molecular formula is C17H29NOS. The number of benzene rings is 1. The lowest BCUT2D eigenvalue weighted by Gasteiger charge is -2.18. The van der Waals surface area contributed by atoms with Crippen LogP contribution in [-0.4, -0.2) is 38.3 Å². The van der Waals surface area contributed by atoms with Gasteiger partial charge in [-0.05, 0) is 54.9 Å². The Kier molecular flexibility index (Phi) is 9.81. The Labute approximate surface area is 128 Å². The van der Waals surface area contributed by atoms with Crippen LogP contribution in [0.25, 0.3) is 0 Å². The molecule has 114 valence electrons. The summed E-state index contributed by atoms with van der Waals surface area (Å²) in [4.78, 5) is 0. The van der Waals surface area contributed by atoms with Crippen molar-refractivity contribution in [1.29, 1.82) is 0 Å². The fourth-order valence-corrected chi connectivity index (χ4v) is 3.09. The van der Waals surface area contributed by atoms with E-state index in [-0.39, 0.29) is 0 Å². The molecule has 1 N–H and O–H groups in total. The van der Waals surface area contributed by atoms with Crippen LogP contribution in [0.2, 0.25) is 0 Å². The fraction of sp³-hybridized carbons (Fsp3) is 0.647. The molecule has 1 atom stereocenters. The summed E-state index contributed by atoms with van der Waals surface area (Å²) >= 11 is 2.04. The van der Waals surface area contributed by atoms with Gasteiger partial charge in [0.25, 0.3) is 0 Å². The van der Waals surface area contributed by atoms with Gasteiger partial charge in [0.1, 0.15) is 0 Å².